The number of aromatic carboxylic acids is 1. The molecule has 0 saturated carbocycles. The molecule has 104 valence electrons. The predicted molar refractivity (Wildman–Crippen MR) is 70.0 cm³/mol. The maximum atomic E-state index is 12.4. The van der Waals surface area contributed by atoms with Crippen molar-refractivity contribution in [3.8, 4) is 11.5 Å². The summed E-state index contributed by atoms with van der Waals surface area (Å²) in [5.74, 6) is -3.64. The van der Waals surface area contributed by atoms with Gasteiger partial charge in [-0.25, -0.2) is 4.79 Å². The Labute approximate surface area is 117 Å². The Morgan fingerprint density at radius 1 is 0.857 bits per heavy atom. The molecule has 3 N–H and O–H groups in total. The number of carbonyl (C=O) groups is 3. The maximum Gasteiger partial charge on any atom is 0.335 e. The average Bonchev–Trinajstić information content (AvgIpc) is 2.47. The molecule has 21 heavy (non-hydrogen) atoms. The third-order valence-electron chi connectivity index (χ3n) is 3.38. The summed E-state index contributed by atoms with van der Waals surface area (Å²) in [6.07, 6.45) is 0. The summed E-state index contributed by atoms with van der Waals surface area (Å²) in [7, 11) is 0. The van der Waals surface area contributed by atoms with Gasteiger partial charge in [-0.3, -0.25) is 9.59 Å². The third-order valence-corrected chi connectivity index (χ3v) is 3.38. The lowest BCUT2D eigenvalue weighted by atomic mass is 9.82. The SMILES string of the molecule is O=C(O)c1ccc2c(c1)C(=O)c1c(ccc(O)c1O)C2=O. The summed E-state index contributed by atoms with van der Waals surface area (Å²) in [4.78, 5) is 35.6. The molecule has 0 spiro atoms. The van der Waals surface area contributed by atoms with Crippen molar-refractivity contribution in [3.63, 3.8) is 0 Å². The second-order valence-electron chi connectivity index (χ2n) is 4.58. The van der Waals surface area contributed by atoms with Gasteiger partial charge in [0, 0.05) is 16.7 Å². The first kappa shape index (κ1) is 12.9. The van der Waals surface area contributed by atoms with Crippen LogP contribution in [0.15, 0.2) is 30.3 Å². The Balaban J connectivity index is 2.31. The first-order valence-corrected chi connectivity index (χ1v) is 5.93. The Morgan fingerprint density at radius 3 is 2.19 bits per heavy atom. The van der Waals surface area contributed by atoms with Crippen LogP contribution in [0.5, 0.6) is 11.5 Å². The zero-order valence-corrected chi connectivity index (χ0v) is 10.5. The first-order valence-electron chi connectivity index (χ1n) is 5.93. The van der Waals surface area contributed by atoms with Crippen molar-refractivity contribution in [1.82, 2.24) is 0 Å². The number of carboxylic acid groups (broad SMARTS) is 1. The molecule has 3 rings (SSSR count). The number of benzene rings is 2. The molecule has 0 unspecified atom stereocenters. The normalized spacial score (nSPS) is 12.8. The Kier molecular flexibility index (Phi) is 2.56. The van der Waals surface area contributed by atoms with Gasteiger partial charge in [-0.1, -0.05) is 0 Å². The molecule has 2 aromatic rings. The minimum atomic E-state index is -1.23. The smallest absolute Gasteiger partial charge is 0.335 e. The fourth-order valence-electron chi connectivity index (χ4n) is 2.34. The van der Waals surface area contributed by atoms with Crippen LogP contribution in [0, 0.1) is 0 Å². The van der Waals surface area contributed by atoms with E-state index in [-0.39, 0.29) is 27.8 Å². The highest BCUT2D eigenvalue weighted by Gasteiger charge is 2.33. The number of hydrogen-bond acceptors (Lipinski definition) is 5. The van der Waals surface area contributed by atoms with Gasteiger partial charge in [-0.15, -0.1) is 0 Å². The van der Waals surface area contributed by atoms with Gasteiger partial charge in [0.1, 0.15) is 0 Å². The number of ketones is 2. The van der Waals surface area contributed by atoms with Gasteiger partial charge in [0.25, 0.3) is 0 Å². The molecule has 0 atom stereocenters. The lowest BCUT2D eigenvalue weighted by Crippen LogP contribution is -2.21. The van der Waals surface area contributed by atoms with E-state index in [2.05, 4.69) is 0 Å². The summed E-state index contributed by atoms with van der Waals surface area (Å²) < 4.78 is 0. The Morgan fingerprint density at radius 2 is 1.52 bits per heavy atom. The largest absolute Gasteiger partial charge is 0.504 e. The highest BCUT2D eigenvalue weighted by Crippen LogP contribution is 2.38. The van der Waals surface area contributed by atoms with Crippen molar-refractivity contribution in [3.05, 3.63) is 58.1 Å². The number of phenols is 2. The number of aromatic hydroxyl groups is 2. The molecule has 0 bridgehead atoms. The zero-order valence-electron chi connectivity index (χ0n) is 10.5. The van der Waals surface area contributed by atoms with E-state index in [9.17, 15) is 24.6 Å². The number of rotatable bonds is 1. The topological polar surface area (TPSA) is 112 Å². The molecule has 0 aromatic heterocycles. The van der Waals surface area contributed by atoms with Crippen LogP contribution in [0.2, 0.25) is 0 Å². The van der Waals surface area contributed by atoms with Crippen molar-refractivity contribution in [2.45, 2.75) is 0 Å². The lowest BCUT2D eigenvalue weighted by Gasteiger charge is -2.18. The van der Waals surface area contributed by atoms with Gasteiger partial charge in [-0.2, -0.15) is 0 Å². The summed E-state index contributed by atoms with van der Waals surface area (Å²) in [6, 6.07) is 5.96. The standard InChI is InChI=1S/C15H8O6/c16-10-4-3-8-11(14(10)19)13(18)9-5-6(15(20)21)1-2-7(9)12(8)17/h1-5,16,19H,(H,20,21). The molecule has 0 saturated heterocycles. The van der Waals surface area contributed by atoms with Crippen LogP contribution in [0.4, 0.5) is 0 Å². The molecule has 6 heteroatoms. The molecule has 0 amide bonds. The molecule has 2 aromatic carbocycles. The molecular formula is C15H8O6. The van der Waals surface area contributed by atoms with Crippen molar-refractivity contribution in [2.75, 3.05) is 0 Å². The minimum absolute atomic E-state index is 0.0223. The van der Waals surface area contributed by atoms with Gasteiger partial charge in [0.15, 0.2) is 23.1 Å². The second kappa shape index (κ2) is 4.17. The number of phenolic OH excluding ortho intramolecular Hbond substituents is 2. The van der Waals surface area contributed by atoms with Crippen LogP contribution in [0.1, 0.15) is 42.2 Å². The zero-order chi connectivity index (χ0) is 15.3. The molecule has 0 fully saturated rings. The van der Waals surface area contributed by atoms with Gasteiger partial charge < -0.3 is 15.3 Å². The fourth-order valence-corrected chi connectivity index (χ4v) is 2.34. The highest BCUT2D eigenvalue weighted by molar-refractivity contribution is 6.29. The molecule has 0 radical (unpaired) electrons. The summed E-state index contributed by atoms with van der Waals surface area (Å²) in [6.45, 7) is 0. The molecule has 1 aliphatic rings. The quantitative estimate of drug-likeness (QED) is 0.585. The van der Waals surface area contributed by atoms with Crippen LogP contribution in [-0.4, -0.2) is 32.9 Å². The monoisotopic (exact) mass is 284 g/mol. The Bertz CT molecular complexity index is 834. The van der Waals surface area contributed by atoms with E-state index in [1.54, 1.807) is 0 Å². The summed E-state index contributed by atoms with van der Waals surface area (Å²) in [5.41, 5.74) is -0.505. The molecule has 0 heterocycles. The van der Waals surface area contributed by atoms with Gasteiger partial charge in [0.05, 0.1) is 11.1 Å². The predicted octanol–water partition coefficient (Wildman–Crippen LogP) is 1.57. The van der Waals surface area contributed by atoms with E-state index >= 15 is 0 Å². The van der Waals surface area contributed by atoms with E-state index in [4.69, 9.17) is 5.11 Å². The molecule has 1 aliphatic carbocycles. The van der Waals surface area contributed by atoms with Crippen LogP contribution in [0.3, 0.4) is 0 Å². The van der Waals surface area contributed by atoms with Crippen LogP contribution in [0.25, 0.3) is 0 Å². The van der Waals surface area contributed by atoms with Gasteiger partial charge in [-0.05, 0) is 30.3 Å². The lowest BCUT2D eigenvalue weighted by molar-refractivity contribution is 0.0696. The van der Waals surface area contributed by atoms with Gasteiger partial charge >= 0.3 is 5.97 Å². The molecule has 0 aliphatic heterocycles. The van der Waals surface area contributed by atoms with E-state index in [0.29, 0.717) is 0 Å². The van der Waals surface area contributed by atoms with Crippen LogP contribution < -0.4 is 0 Å². The third kappa shape index (κ3) is 1.69. The molecular weight excluding hydrogens is 276 g/mol. The fraction of sp³-hybridized carbons (Fsp3) is 0. The van der Waals surface area contributed by atoms with Crippen LogP contribution in [-0.2, 0) is 0 Å². The van der Waals surface area contributed by atoms with Crippen molar-refractivity contribution < 1.29 is 29.7 Å². The van der Waals surface area contributed by atoms with Gasteiger partial charge in [0.2, 0.25) is 0 Å². The summed E-state index contributed by atoms with van der Waals surface area (Å²) >= 11 is 0. The number of carbonyl (C=O) groups excluding carboxylic acids is 2. The average molecular weight is 284 g/mol. The van der Waals surface area contributed by atoms with E-state index in [1.165, 1.54) is 18.2 Å². The minimum Gasteiger partial charge on any atom is -0.504 e. The van der Waals surface area contributed by atoms with Crippen molar-refractivity contribution in [2.24, 2.45) is 0 Å². The van der Waals surface area contributed by atoms with Crippen molar-refractivity contribution >= 4 is 17.5 Å². The van der Waals surface area contributed by atoms with E-state index in [1.807, 2.05) is 0 Å². The number of hydrogen-bond donors (Lipinski definition) is 3. The molecule has 6 nitrogen and oxygen atoms in total. The van der Waals surface area contributed by atoms with E-state index in [0.717, 1.165) is 12.1 Å². The van der Waals surface area contributed by atoms with E-state index < -0.39 is 29.0 Å². The summed E-state index contributed by atoms with van der Waals surface area (Å²) in [5, 5.41) is 28.2. The van der Waals surface area contributed by atoms with Crippen molar-refractivity contribution in [1.29, 1.82) is 0 Å². The number of carboxylic acids is 1. The maximum absolute atomic E-state index is 12.4. The number of fused-ring (bicyclic) bond motifs is 2. The highest BCUT2D eigenvalue weighted by atomic mass is 16.4. The van der Waals surface area contributed by atoms with Crippen LogP contribution >= 0.6 is 0 Å². The Hall–Kier alpha value is -3.15. The first-order chi connectivity index (χ1) is 9.91. The second-order valence-corrected chi connectivity index (χ2v) is 4.58.